The molecule has 2 aromatic carbocycles. The molecule has 0 saturated carbocycles. The number of carbonyl (C=O) groups is 1. The van der Waals surface area contributed by atoms with Crippen molar-refractivity contribution >= 4 is 17.2 Å². The van der Waals surface area contributed by atoms with Crippen LogP contribution in [0.1, 0.15) is 49.2 Å². The number of nitrogens with zero attached hydrogens (tertiary/aromatic N) is 4. The number of anilines is 2. The van der Waals surface area contributed by atoms with Crippen LogP contribution in [0.25, 0.3) is 0 Å². The summed E-state index contributed by atoms with van der Waals surface area (Å²) < 4.78 is 6.56. The van der Waals surface area contributed by atoms with E-state index in [4.69, 9.17) is 4.74 Å². The largest absolute Gasteiger partial charge is 0.483 e. The van der Waals surface area contributed by atoms with Crippen molar-refractivity contribution in [1.29, 1.82) is 0 Å². The van der Waals surface area contributed by atoms with Gasteiger partial charge < -0.3 is 14.5 Å². The fourth-order valence-electron chi connectivity index (χ4n) is 5.39. The Kier molecular flexibility index (Phi) is 4.39. The molecule has 1 unspecified atom stereocenters. The lowest BCUT2D eigenvalue weighted by molar-refractivity contribution is -0.0296. The fourth-order valence-corrected chi connectivity index (χ4v) is 5.39. The van der Waals surface area contributed by atoms with Gasteiger partial charge in [0.15, 0.2) is 5.78 Å². The zero-order valence-corrected chi connectivity index (χ0v) is 19.0. The van der Waals surface area contributed by atoms with E-state index in [1.54, 1.807) is 6.92 Å². The van der Waals surface area contributed by atoms with Crippen LogP contribution in [0.3, 0.4) is 0 Å². The maximum atomic E-state index is 11.7. The van der Waals surface area contributed by atoms with Crippen molar-refractivity contribution in [1.82, 2.24) is 10.0 Å². The van der Waals surface area contributed by atoms with Gasteiger partial charge in [0.2, 0.25) is 0 Å². The van der Waals surface area contributed by atoms with Crippen molar-refractivity contribution in [2.75, 3.05) is 42.8 Å². The Morgan fingerprint density at radius 3 is 2.44 bits per heavy atom. The lowest BCUT2D eigenvalue weighted by atomic mass is 9.82. The molecule has 0 N–H and O–H groups in total. The molecule has 6 rings (SSSR count). The number of hydrogen-bond donors (Lipinski definition) is 0. The van der Waals surface area contributed by atoms with Gasteiger partial charge in [-0.1, -0.05) is 12.1 Å². The molecule has 0 spiro atoms. The van der Waals surface area contributed by atoms with Crippen LogP contribution in [-0.4, -0.2) is 54.4 Å². The third kappa shape index (κ3) is 3.05. The summed E-state index contributed by atoms with van der Waals surface area (Å²) in [5.74, 6) is 1.11. The van der Waals surface area contributed by atoms with Gasteiger partial charge in [-0.25, -0.2) is 10.0 Å². The van der Waals surface area contributed by atoms with Gasteiger partial charge in [0, 0.05) is 48.2 Å². The highest BCUT2D eigenvalue weighted by molar-refractivity contribution is 5.94. The molecule has 4 heterocycles. The summed E-state index contributed by atoms with van der Waals surface area (Å²) in [5, 5.41) is 4.90. The van der Waals surface area contributed by atoms with E-state index in [-0.39, 0.29) is 17.4 Å². The first-order valence-corrected chi connectivity index (χ1v) is 11.6. The molecular formula is C26H30N4O2. The highest BCUT2D eigenvalue weighted by Gasteiger charge is 2.47. The predicted molar refractivity (Wildman–Crippen MR) is 126 cm³/mol. The number of fused-ring (bicyclic) bond motifs is 5. The van der Waals surface area contributed by atoms with Crippen LogP contribution in [-0.2, 0) is 0 Å². The van der Waals surface area contributed by atoms with Crippen LogP contribution in [0, 0.1) is 0 Å². The highest BCUT2D eigenvalue weighted by Crippen LogP contribution is 2.50. The Morgan fingerprint density at radius 2 is 1.75 bits per heavy atom. The number of benzene rings is 2. The first kappa shape index (κ1) is 19.8. The Balaban J connectivity index is 1.33. The number of ketones is 1. The molecule has 0 bridgehead atoms. The number of rotatable bonds is 3. The van der Waals surface area contributed by atoms with Crippen molar-refractivity contribution in [3.63, 3.8) is 0 Å². The maximum absolute atomic E-state index is 11.7. The zero-order chi connectivity index (χ0) is 22.0. The van der Waals surface area contributed by atoms with E-state index in [2.05, 4.69) is 70.1 Å². The van der Waals surface area contributed by atoms with Crippen LogP contribution in [0.15, 0.2) is 54.1 Å². The van der Waals surface area contributed by atoms with Gasteiger partial charge in [-0.05, 0) is 63.1 Å². The first-order chi connectivity index (χ1) is 15.4. The van der Waals surface area contributed by atoms with Crippen LogP contribution < -0.4 is 14.5 Å². The van der Waals surface area contributed by atoms with Crippen molar-refractivity contribution in [2.24, 2.45) is 0 Å². The molecule has 2 saturated heterocycles. The standard InChI is InChI=1S/C26H30N4O2/c1-18(31)19-5-7-20(8-6-19)28-16-29-14-11-23-25(30(29)17-28)22-10-9-21(27-12-4-13-27)15-24(22)32-26(23,2)3/h5-11,15,25H,4,12-14,16-17H2,1-3H3. The maximum Gasteiger partial charge on any atom is 0.159 e. The number of hydrogen-bond acceptors (Lipinski definition) is 6. The van der Waals surface area contributed by atoms with E-state index >= 15 is 0 Å². The van der Waals surface area contributed by atoms with Crippen molar-refractivity contribution in [3.05, 3.63) is 65.2 Å². The molecule has 0 radical (unpaired) electrons. The molecule has 0 aliphatic carbocycles. The quantitative estimate of drug-likeness (QED) is 0.537. The topological polar surface area (TPSA) is 39.3 Å². The molecule has 4 aliphatic heterocycles. The van der Waals surface area contributed by atoms with Gasteiger partial charge in [-0.15, -0.1) is 0 Å². The normalized spacial score (nSPS) is 24.1. The minimum Gasteiger partial charge on any atom is -0.483 e. The molecule has 32 heavy (non-hydrogen) atoms. The van der Waals surface area contributed by atoms with Crippen LogP contribution in [0.2, 0.25) is 0 Å². The van der Waals surface area contributed by atoms with Crippen molar-refractivity contribution in [2.45, 2.75) is 38.8 Å². The summed E-state index contributed by atoms with van der Waals surface area (Å²) >= 11 is 0. The van der Waals surface area contributed by atoms with E-state index in [0.717, 1.165) is 50.0 Å². The highest BCUT2D eigenvalue weighted by atomic mass is 16.5. The van der Waals surface area contributed by atoms with Gasteiger partial charge in [0.1, 0.15) is 11.4 Å². The Morgan fingerprint density at radius 1 is 1.00 bits per heavy atom. The molecule has 4 aliphatic rings. The van der Waals surface area contributed by atoms with E-state index in [9.17, 15) is 4.79 Å². The summed E-state index contributed by atoms with van der Waals surface area (Å²) in [4.78, 5) is 16.4. The lowest BCUT2D eigenvalue weighted by Crippen LogP contribution is -2.51. The number of hydrazine groups is 1. The second kappa shape index (κ2) is 7.09. The molecule has 1 atom stereocenters. The van der Waals surface area contributed by atoms with E-state index in [1.165, 1.54) is 23.2 Å². The Bertz CT molecular complexity index is 1100. The van der Waals surface area contributed by atoms with Gasteiger partial charge in [-0.2, -0.15) is 0 Å². The van der Waals surface area contributed by atoms with E-state index in [0.29, 0.717) is 0 Å². The second-order valence-corrected chi connectivity index (χ2v) is 9.79. The number of carbonyl (C=O) groups excluding carboxylic acids is 1. The summed E-state index contributed by atoms with van der Waals surface area (Å²) in [6, 6.07) is 14.9. The smallest absolute Gasteiger partial charge is 0.159 e. The third-order valence-corrected chi connectivity index (χ3v) is 7.34. The van der Waals surface area contributed by atoms with Gasteiger partial charge in [0.05, 0.1) is 19.4 Å². The molecule has 2 fully saturated rings. The number of ether oxygens (including phenoxy) is 1. The van der Waals surface area contributed by atoms with Crippen molar-refractivity contribution in [3.8, 4) is 5.75 Å². The summed E-state index contributed by atoms with van der Waals surface area (Å²) in [7, 11) is 0. The van der Waals surface area contributed by atoms with Crippen LogP contribution in [0.5, 0.6) is 5.75 Å². The van der Waals surface area contributed by atoms with E-state index < -0.39 is 0 Å². The predicted octanol–water partition coefficient (Wildman–Crippen LogP) is 4.21. The Hall–Kier alpha value is -2.83. The fraction of sp³-hybridized carbons (Fsp3) is 0.423. The average molecular weight is 431 g/mol. The second-order valence-electron chi connectivity index (χ2n) is 9.79. The average Bonchev–Trinajstić information content (AvgIpc) is 3.16. The molecule has 0 aromatic heterocycles. The Labute approximate surface area is 189 Å². The van der Waals surface area contributed by atoms with Gasteiger partial charge in [-0.3, -0.25) is 4.79 Å². The number of Topliss-reactive ketones (excluding diaryl/α,β-unsaturated/α-hetero) is 1. The van der Waals surface area contributed by atoms with Gasteiger partial charge >= 0.3 is 0 Å². The summed E-state index contributed by atoms with van der Waals surface area (Å²) in [6.45, 7) is 10.8. The molecule has 6 heteroatoms. The summed E-state index contributed by atoms with van der Waals surface area (Å²) in [6.07, 6.45) is 3.63. The third-order valence-electron chi connectivity index (χ3n) is 7.34. The van der Waals surface area contributed by atoms with E-state index in [1.807, 2.05) is 12.1 Å². The van der Waals surface area contributed by atoms with Crippen LogP contribution in [0.4, 0.5) is 11.4 Å². The van der Waals surface area contributed by atoms with Crippen LogP contribution >= 0.6 is 0 Å². The molecular weight excluding hydrogens is 400 g/mol. The minimum atomic E-state index is -0.339. The zero-order valence-electron chi connectivity index (χ0n) is 19.0. The first-order valence-electron chi connectivity index (χ1n) is 11.6. The molecule has 6 nitrogen and oxygen atoms in total. The van der Waals surface area contributed by atoms with Gasteiger partial charge in [0.25, 0.3) is 0 Å². The molecule has 0 amide bonds. The summed E-state index contributed by atoms with van der Waals surface area (Å²) in [5.41, 5.74) is 5.41. The van der Waals surface area contributed by atoms with Crippen molar-refractivity contribution < 1.29 is 9.53 Å². The monoisotopic (exact) mass is 430 g/mol. The molecule has 166 valence electrons. The SMILES string of the molecule is CC(=O)c1ccc(N2CN3CC=C4C(c5ccc(N6CCC6)cc5OC4(C)C)N3C2)cc1. The molecule has 2 aromatic rings. The minimum absolute atomic E-state index is 0.103. The lowest BCUT2D eigenvalue weighted by Gasteiger charge is -2.48.